The second kappa shape index (κ2) is 10.5. The molecule has 1 aromatic carbocycles. The number of nitrogens with one attached hydrogen (secondary N) is 2. The van der Waals surface area contributed by atoms with E-state index in [0.717, 1.165) is 68.3 Å². The number of nitrogens with zero attached hydrogens (tertiary/aromatic N) is 2. The predicted octanol–water partition coefficient (Wildman–Crippen LogP) is 3.25. The number of hydrogen-bond donors (Lipinski definition) is 2. The lowest BCUT2D eigenvalue weighted by Crippen LogP contribution is -2.45. The Labute approximate surface area is 191 Å². The van der Waals surface area contributed by atoms with Crippen LogP contribution >= 0.6 is 0 Å². The topological polar surface area (TPSA) is 75.2 Å². The van der Waals surface area contributed by atoms with E-state index in [1.165, 1.54) is 18.4 Å². The maximum absolute atomic E-state index is 12.8. The van der Waals surface area contributed by atoms with Crippen LogP contribution in [0.5, 0.6) is 11.5 Å². The van der Waals surface area contributed by atoms with E-state index >= 15 is 0 Å². The molecule has 2 N–H and O–H groups in total. The molecular formula is C25H38N4O3. The molecule has 2 aliphatic heterocycles. The maximum Gasteiger partial charge on any atom is 0.225 e. The fourth-order valence-electron chi connectivity index (χ4n) is 5.08. The van der Waals surface area contributed by atoms with Crippen LogP contribution in [-0.2, 0) is 17.8 Å². The summed E-state index contributed by atoms with van der Waals surface area (Å²) >= 11 is 0. The molecule has 3 aliphatic rings. The van der Waals surface area contributed by atoms with E-state index in [2.05, 4.69) is 36.6 Å². The van der Waals surface area contributed by atoms with Crippen molar-refractivity contribution in [2.75, 3.05) is 26.2 Å². The summed E-state index contributed by atoms with van der Waals surface area (Å²) in [5.41, 5.74) is 2.23. The Bertz CT molecular complexity index is 835. The number of ether oxygens (including phenoxy) is 2. The summed E-state index contributed by atoms with van der Waals surface area (Å²) in [6.45, 7) is 9.67. The number of carbonyl (C=O) groups excluding carboxylic acids is 1. The van der Waals surface area contributed by atoms with Crippen LogP contribution in [0.2, 0.25) is 0 Å². The summed E-state index contributed by atoms with van der Waals surface area (Å²) in [6, 6.07) is 4.42. The number of guanidine groups is 1. The van der Waals surface area contributed by atoms with Gasteiger partial charge in [0.15, 0.2) is 5.96 Å². The second-order valence-electron chi connectivity index (χ2n) is 9.22. The Morgan fingerprint density at radius 3 is 2.81 bits per heavy atom. The minimum absolute atomic E-state index is 0.203. The van der Waals surface area contributed by atoms with Crippen LogP contribution in [-0.4, -0.2) is 55.2 Å². The van der Waals surface area contributed by atoms with Crippen LogP contribution in [0.25, 0.3) is 0 Å². The number of likely N-dealkylation sites (tertiary alicyclic amines) is 1. The van der Waals surface area contributed by atoms with Gasteiger partial charge in [-0.2, -0.15) is 0 Å². The molecule has 1 amide bonds. The van der Waals surface area contributed by atoms with E-state index in [0.29, 0.717) is 19.1 Å². The highest BCUT2D eigenvalue weighted by Gasteiger charge is 2.32. The highest BCUT2D eigenvalue weighted by molar-refractivity contribution is 5.81. The summed E-state index contributed by atoms with van der Waals surface area (Å²) in [4.78, 5) is 19.6. The molecule has 1 aromatic rings. The molecule has 0 bridgehead atoms. The lowest BCUT2D eigenvalue weighted by Gasteiger charge is -2.21. The van der Waals surface area contributed by atoms with Crippen molar-refractivity contribution >= 4 is 11.9 Å². The van der Waals surface area contributed by atoms with Gasteiger partial charge in [0.05, 0.1) is 13.2 Å². The van der Waals surface area contributed by atoms with Gasteiger partial charge in [-0.3, -0.25) is 4.79 Å². The number of amides is 1. The minimum atomic E-state index is 0.203. The molecule has 0 aromatic heterocycles. The molecule has 0 radical (unpaired) electrons. The second-order valence-corrected chi connectivity index (χ2v) is 9.22. The largest absolute Gasteiger partial charge is 0.494 e. The Hall–Kier alpha value is -2.44. The fourth-order valence-corrected chi connectivity index (χ4v) is 5.08. The number of aliphatic imine (C=N–C) groups is 1. The molecule has 2 fully saturated rings. The first kappa shape index (κ1) is 22.7. The minimum Gasteiger partial charge on any atom is -0.494 e. The van der Waals surface area contributed by atoms with E-state index in [-0.39, 0.29) is 18.1 Å². The van der Waals surface area contributed by atoms with Crippen molar-refractivity contribution in [2.24, 2.45) is 10.9 Å². The van der Waals surface area contributed by atoms with Gasteiger partial charge < -0.3 is 25.0 Å². The molecule has 4 rings (SSSR count). The highest BCUT2D eigenvalue weighted by atomic mass is 16.5. The lowest BCUT2D eigenvalue weighted by molar-refractivity contribution is -0.134. The van der Waals surface area contributed by atoms with Gasteiger partial charge in [0.2, 0.25) is 5.91 Å². The van der Waals surface area contributed by atoms with Crippen molar-refractivity contribution in [1.29, 1.82) is 0 Å². The van der Waals surface area contributed by atoms with Crippen LogP contribution in [0.1, 0.15) is 64.0 Å². The third-order valence-electron chi connectivity index (χ3n) is 6.68. The SMILES string of the molecule is CCNC(=NCc1cc2c(cc1OCC)CC(C)O2)NC1CCN(C(=O)C2CCCC2)C1. The van der Waals surface area contributed by atoms with Gasteiger partial charge in [-0.15, -0.1) is 0 Å². The van der Waals surface area contributed by atoms with E-state index in [1.807, 2.05) is 11.8 Å². The predicted molar refractivity (Wildman–Crippen MR) is 126 cm³/mol. The molecule has 32 heavy (non-hydrogen) atoms. The summed E-state index contributed by atoms with van der Waals surface area (Å²) in [7, 11) is 0. The van der Waals surface area contributed by atoms with Crippen LogP contribution in [0.15, 0.2) is 17.1 Å². The van der Waals surface area contributed by atoms with Crippen molar-refractivity contribution in [1.82, 2.24) is 15.5 Å². The monoisotopic (exact) mass is 442 g/mol. The summed E-state index contributed by atoms with van der Waals surface area (Å²) in [5, 5.41) is 6.90. The average molecular weight is 443 g/mol. The molecule has 7 nitrogen and oxygen atoms in total. The van der Waals surface area contributed by atoms with Crippen molar-refractivity contribution < 1.29 is 14.3 Å². The maximum atomic E-state index is 12.8. The van der Waals surface area contributed by atoms with Gasteiger partial charge in [-0.05, 0) is 52.2 Å². The van der Waals surface area contributed by atoms with Crippen molar-refractivity contribution in [2.45, 2.75) is 78.0 Å². The quantitative estimate of drug-likeness (QED) is 0.501. The zero-order valence-corrected chi connectivity index (χ0v) is 19.8. The van der Waals surface area contributed by atoms with E-state index < -0.39 is 0 Å². The highest BCUT2D eigenvalue weighted by Crippen LogP contribution is 2.35. The Balaban J connectivity index is 1.40. The van der Waals surface area contributed by atoms with E-state index in [1.54, 1.807) is 0 Å². The molecule has 0 spiro atoms. The van der Waals surface area contributed by atoms with Gasteiger partial charge in [0.1, 0.15) is 17.6 Å². The van der Waals surface area contributed by atoms with Gasteiger partial charge in [0, 0.05) is 49.1 Å². The van der Waals surface area contributed by atoms with Gasteiger partial charge in [-0.1, -0.05) is 12.8 Å². The van der Waals surface area contributed by atoms with Crippen molar-refractivity contribution in [3.8, 4) is 11.5 Å². The van der Waals surface area contributed by atoms with Gasteiger partial charge in [-0.25, -0.2) is 4.99 Å². The molecule has 176 valence electrons. The molecule has 7 heteroatoms. The number of hydrogen-bond acceptors (Lipinski definition) is 4. The molecular weight excluding hydrogens is 404 g/mol. The first-order valence-corrected chi connectivity index (χ1v) is 12.4. The molecule has 1 saturated carbocycles. The summed E-state index contributed by atoms with van der Waals surface area (Å²) < 4.78 is 11.8. The van der Waals surface area contributed by atoms with Crippen LogP contribution < -0.4 is 20.1 Å². The zero-order valence-electron chi connectivity index (χ0n) is 19.8. The van der Waals surface area contributed by atoms with Crippen LogP contribution in [0.3, 0.4) is 0 Å². The molecule has 2 unspecified atom stereocenters. The van der Waals surface area contributed by atoms with Gasteiger partial charge in [0.25, 0.3) is 0 Å². The third-order valence-corrected chi connectivity index (χ3v) is 6.68. The molecule has 2 atom stereocenters. The third kappa shape index (κ3) is 5.30. The first-order chi connectivity index (χ1) is 15.6. The smallest absolute Gasteiger partial charge is 0.225 e. The van der Waals surface area contributed by atoms with E-state index in [4.69, 9.17) is 14.5 Å². The number of carbonyl (C=O) groups is 1. The fraction of sp³-hybridized carbons (Fsp3) is 0.680. The molecule has 2 heterocycles. The standard InChI is InChI=1S/C25H38N4O3/c1-4-26-25(28-21-10-11-29(16-21)24(30)18-8-6-7-9-18)27-15-20-14-23-19(12-17(3)32-23)13-22(20)31-5-2/h13-14,17-18,21H,4-12,15-16H2,1-3H3,(H2,26,27,28). The zero-order chi connectivity index (χ0) is 22.5. The number of fused-ring (bicyclic) bond motifs is 1. The Kier molecular flexibility index (Phi) is 7.43. The summed E-state index contributed by atoms with van der Waals surface area (Å²) in [5.74, 6) is 3.21. The first-order valence-electron chi connectivity index (χ1n) is 12.4. The van der Waals surface area contributed by atoms with Gasteiger partial charge >= 0.3 is 0 Å². The Morgan fingerprint density at radius 1 is 1.25 bits per heavy atom. The number of rotatable bonds is 7. The number of benzene rings is 1. The normalized spacial score (nSPS) is 23.2. The van der Waals surface area contributed by atoms with Crippen molar-refractivity contribution in [3.63, 3.8) is 0 Å². The Morgan fingerprint density at radius 2 is 2.06 bits per heavy atom. The van der Waals surface area contributed by atoms with Crippen molar-refractivity contribution in [3.05, 3.63) is 23.3 Å². The van der Waals surface area contributed by atoms with E-state index in [9.17, 15) is 4.79 Å². The summed E-state index contributed by atoms with van der Waals surface area (Å²) in [6.07, 6.45) is 6.58. The van der Waals surface area contributed by atoms with Crippen LogP contribution in [0.4, 0.5) is 0 Å². The molecule has 1 aliphatic carbocycles. The average Bonchev–Trinajstić information content (AvgIpc) is 3.52. The van der Waals surface area contributed by atoms with Crippen LogP contribution in [0, 0.1) is 5.92 Å². The molecule has 1 saturated heterocycles. The lowest BCUT2D eigenvalue weighted by atomic mass is 10.1.